The van der Waals surface area contributed by atoms with Crippen LogP contribution in [-0.2, 0) is 4.79 Å². The summed E-state index contributed by atoms with van der Waals surface area (Å²) in [4.78, 5) is 14.5. The third-order valence-electron chi connectivity index (χ3n) is 3.71. The highest BCUT2D eigenvalue weighted by atomic mass is 16.1. The summed E-state index contributed by atoms with van der Waals surface area (Å²) in [7, 11) is 0. The molecule has 2 nitrogen and oxygen atoms in total. The fourth-order valence-electron chi connectivity index (χ4n) is 2.75. The molecule has 0 aromatic rings. The van der Waals surface area contributed by atoms with Gasteiger partial charge in [-0.05, 0) is 32.1 Å². The molecule has 2 heteroatoms. The second-order valence-electron chi connectivity index (χ2n) is 5.45. The largest absolute Gasteiger partial charge is 0.298 e. The standard InChI is InChI=1S/C12H21NO/c1-7(2)12(14)11-10-5-9(10)6-13(11)8(3)4/h7-11H,5-6H2,1-4H3/t9-,10-,11-/m0/s1. The van der Waals surface area contributed by atoms with Crippen molar-refractivity contribution in [3.05, 3.63) is 0 Å². The summed E-state index contributed by atoms with van der Waals surface area (Å²) in [5, 5.41) is 0. The first kappa shape index (κ1) is 10.2. The first-order chi connectivity index (χ1) is 6.52. The van der Waals surface area contributed by atoms with Gasteiger partial charge in [0, 0.05) is 18.5 Å². The Morgan fingerprint density at radius 1 is 1.29 bits per heavy atom. The van der Waals surface area contributed by atoms with Gasteiger partial charge in [-0.25, -0.2) is 0 Å². The predicted molar refractivity (Wildman–Crippen MR) is 57.1 cm³/mol. The first-order valence-corrected chi connectivity index (χ1v) is 5.81. The van der Waals surface area contributed by atoms with Gasteiger partial charge in [-0.2, -0.15) is 0 Å². The first-order valence-electron chi connectivity index (χ1n) is 5.81. The van der Waals surface area contributed by atoms with E-state index in [4.69, 9.17) is 0 Å². The van der Waals surface area contributed by atoms with Gasteiger partial charge in [0.1, 0.15) is 0 Å². The molecular formula is C12H21NO. The maximum Gasteiger partial charge on any atom is 0.152 e. The second kappa shape index (κ2) is 3.34. The maximum atomic E-state index is 12.1. The number of nitrogens with zero attached hydrogens (tertiary/aromatic N) is 1. The van der Waals surface area contributed by atoms with Crippen LogP contribution in [0.4, 0.5) is 0 Å². The van der Waals surface area contributed by atoms with Crippen LogP contribution in [0.15, 0.2) is 0 Å². The van der Waals surface area contributed by atoms with E-state index in [-0.39, 0.29) is 12.0 Å². The molecule has 3 atom stereocenters. The highest BCUT2D eigenvalue weighted by molar-refractivity contribution is 5.87. The molecule has 1 saturated heterocycles. The van der Waals surface area contributed by atoms with Gasteiger partial charge in [0.05, 0.1) is 6.04 Å². The lowest BCUT2D eigenvalue weighted by molar-refractivity contribution is -0.127. The Bertz CT molecular complexity index is 247. The Morgan fingerprint density at radius 2 is 1.93 bits per heavy atom. The topological polar surface area (TPSA) is 20.3 Å². The Morgan fingerprint density at radius 3 is 2.43 bits per heavy atom. The van der Waals surface area contributed by atoms with Crippen molar-refractivity contribution in [2.24, 2.45) is 17.8 Å². The van der Waals surface area contributed by atoms with Gasteiger partial charge < -0.3 is 0 Å². The minimum Gasteiger partial charge on any atom is -0.298 e. The molecule has 2 aliphatic rings. The molecule has 80 valence electrons. The molecule has 0 spiro atoms. The number of piperidine rings is 1. The average Bonchev–Trinajstić information content (AvgIpc) is 2.76. The van der Waals surface area contributed by atoms with Crippen LogP contribution in [0.3, 0.4) is 0 Å². The van der Waals surface area contributed by atoms with E-state index in [0.717, 1.165) is 12.5 Å². The van der Waals surface area contributed by atoms with Crippen molar-refractivity contribution in [3.63, 3.8) is 0 Å². The van der Waals surface area contributed by atoms with Gasteiger partial charge in [0.25, 0.3) is 0 Å². The van der Waals surface area contributed by atoms with E-state index in [1.807, 2.05) is 13.8 Å². The van der Waals surface area contributed by atoms with Gasteiger partial charge in [0.15, 0.2) is 5.78 Å². The van der Waals surface area contributed by atoms with Gasteiger partial charge in [0.2, 0.25) is 0 Å². The van der Waals surface area contributed by atoms with Gasteiger partial charge in [-0.1, -0.05) is 13.8 Å². The maximum absolute atomic E-state index is 12.1. The summed E-state index contributed by atoms with van der Waals surface area (Å²) < 4.78 is 0. The van der Waals surface area contributed by atoms with Gasteiger partial charge in [-0.3, -0.25) is 9.69 Å². The van der Waals surface area contributed by atoms with Crippen molar-refractivity contribution >= 4 is 5.78 Å². The number of carbonyl (C=O) groups is 1. The molecule has 0 unspecified atom stereocenters. The summed E-state index contributed by atoms with van der Waals surface area (Å²) in [6.07, 6.45) is 1.30. The van der Waals surface area contributed by atoms with Crippen LogP contribution in [0.25, 0.3) is 0 Å². The quantitative estimate of drug-likeness (QED) is 0.686. The Labute approximate surface area is 86.7 Å². The summed E-state index contributed by atoms with van der Waals surface area (Å²) in [5.41, 5.74) is 0. The molecule has 0 bridgehead atoms. The second-order valence-corrected chi connectivity index (χ2v) is 5.45. The lowest BCUT2D eigenvalue weighted by atomic mass is 9.97. The molecule has 0 N–H and O–H groups in total. The lowest BCUT2D eigenvalue weighted by Gasteiger charge is -2.30. The van der Waals surface area contributed by atoms with Crippen LogP contribution in [0, 0.1) is 17.8 Å². The molecule has 0 aromatic carbocycles. The number of carbonyl (C=O) groups excluding carboxylic acids is 1. The van der Waals surface area contributed by atoms with Crippen LogP contribution >= 0.6 is 0 Å². The van der Waals surface area contributed by atoms with Crippen molar-refractivity contribution in [1.29, 1.82) is 0 Å². The van der Waals surface area contributed by atoms with Crippen LogP contribution in [0.5, 0.6) is 0 Å². The zero-order valence-electron chi connectivity index (χ0n) is 9.66. The summed E-state index contributed by atoms with van der Waals surface area (Å²) in [6.45, 7) is 9.61. The van der Waals surface area contributed by atoms with E-state index in [0.29, 0.717) is 17.7 Å². The van der Waals surface area contributed by atoms with Crippen LogP contribution in [0.2, 0.25) is 0 Å². The molecule has 1 saturated carbocycles. The van der Waals surface area contributed by atoms with Crippen molar-refractivity contribution in [1.82, 2.24) is 4.90 Å². The molecule has 1 aliphatic heterocycles. The smallest absolute Gasteiger partial charge is 0.152 e. The summed E-state index contributed by atoms with van der Waals surface area (Å²) in [5.74, 6) is 2.20. The van der Waals surface area contributed by atoms with Crippen molar-refractivity contribution < 1.29 is 4.79 Å². The molecule has 14 heavy (non-hydrogen) atoms. The highest BCUT2D eigenvalue weighted by Gasteiger charge is 2.55. The minimum absolute atomic E-state index is 0.195. The SMILES string of the molecule is CC(C)C(=O)[C@@H]1[C@H]2C[C@H]2CN1C(C)C. The minimum atomic E-state index is 0.195. The molecular weight excluding hydrogens is 174 g/mol. The predicted octanol–water partition coefficient (Wildman–Crippen LogP) is 1.94. The summed E-state index contributed by atoms with van der Waals surface area (Å²) in [6, 6.07) is 0.774. The lowest BCUT2D eigenvalue weighted by Crippen LogP contribution is -2.45. The van der Waals surface area contributed by atoms with Gasteiger partial charge >= 0.3 is 0 Å². The molecule has 0 amide bonds. The number of rotatable bonds is 3. The van der Waals surface area contributed by atoms with E-state index < -0.39 is 0 Å². The summed E-state index contributed by atoms with van der Waals surface area (Å²) >= 11 is 0. The zero-order chi connectivity index (χ0) is 10.5. The Hall–Kier alpha value is -0.370. The normalized spacial score (nSPS) is 36.6. The molecule has 1 heterocycles. The van der Waals surface area contributed by atoms with Gasteiger partial charge in [-0.15, -0.1) is 0 Å². The van der Waals surface area contributed by atoms with E-state index >= 15 is 0 Å². The van der Waals surface area contributed by atoms with Crippen molar-refractivity contribution in [3.8, 4) is 0 Å². The fourth-order valence-corrected chi connectivity index (χ4v) is 2.75. The Kier molecular flexibility index (Phi) is 2.42. The third kappa shape index (κ3) is 1.50. The zero-order valence-corrected chi connectivity index (χ0v) is 9.66. The number of Topliss-reactive ketones (excluding diaryl/α,β-unsaturated/α-hetero) is 1. The highest BCUT2D eigenvalue weighted by Crippen LogP contribution is 2.50. The van der Waals surface area contributed by atoms with E-state index in [2.05, 4.69) is 18.7 Å². The van der Waals surface area contributed by atoms with Crippen LogP contribution in [0.1, 0.15) is 34.1 Å². The number of hydrogen-bond donors (Lipinski definition) is 0. The molecule has 0 radical (unpaired) electrons. The van der Waals surface area contributed by atoms with Crippen molar-refractivity contribution in [2.45, 2.75) is 46.2 Å². The fraction of sp³-hybridized carbons (Fsp3) is 0.917. The molecule has 2 fully saturated rings. The number of likely N-dealkylation sites (tertiary alicyclic amines) is 1. The monoisotopic (exact) mass is 195 g/mol. The van der Waals surface area contributed by atoms with E-state index in [9.17, 15) is 4.79 Å². The Balaban J connectivity index is 2.11. The average molecular weight is 195 g/mol. The van der Waals surface area contributed by atoms with E-state index in [1.165, 1.54) is 6.42 Å². The van der Waals surface area contributed by atoms with Crippen LogP contribution < -0.4 is 0 Å². The van der Waals surface area contributed by atoms with Crippen molar-refractivity contribution in [2.75, 3.05) is 6.54 Å². The van der Waals surface area contributed by atoms with E-state index in [1.54, 1.807) is 0 Å². The number of ketones is 1. The molecule has 0 aromatic heterocycles. The third-order valence-corrected chi connectivity index (χ3v) is 3.71. The molecule has 1 aliphatic carbocycles. The number of fused-ring (bicyclic) bond motifs is 1. The number of hydrogen-bond acceptors (Lipinski definition) is 2. The van der Waals surface area contributed by atoms with Crippen LogP contribution in [-0.4, -0.2) is 29.3 Å². The molecule has 2 rings (SSSR count).